The Morgan fingerprint density at radius 2 is 2.25 bits per heavy atom. The van der Waals surface area contributed by atoms with Crippen LogP contribution in [0.15, 0.2) is 12.3 Å². The minimum Gasteiger partial charge on any atom is -0.243 e. The first-order chi connectivity index (χ1) is 5.75. The fraction of sp³-hybridized carbons (Fsp3) is 0.125. The van der Waals surface area contributed by atoms with Crippen LogP contribution in [-0.2, 0) is 0 Å². The molecule has 0 radical (unpaired) electrons. The molecule has 0 aliphatic heterocycles. The van der Waals surface area contributed by atoms with Crippen molar-refractivity contribution < 1.29 is 0 Å². The van der Waals surface area contributed by atoms with Crippen molar-refractivity contribution in [2.75, 3.05) is 5.75 Å². The topological polar surface area (TPSA) is 12.9 Å². The maximum atomic E-state index is 5.81. The SMILES string of the molecule is SCC#Cc1c(Cl)ccnc1Cl. The molecular formula is C8H5Cl2NS. The van der Waals surface area contributed by atoms with Gasteiger partial charge < -0.3 is 0 Å². The fourth-order valence-corrected chi connectivity index (χ4v) is 1.18. The van der Waals surface area contributed by atoms with Crippen LogP contribution in [0.5, 0.6) is 0 Å². The highest BCUT2D eigenvalue weighted by atomic mass is 35.5. The van der Waals surface area contributed by atoms with Gasteiger partial charge in [0.15, 0.2) is 0 Å². The quantitative estimate of drug-likeness (QED) is 0.401. The Morgan fingerprint density at radius 1 is 1.50 bits per heavy atom. The van der Waals surface area contributed by atoms with Gasteiger partial charge in [-0.2, -0.15) is 12.6 Å². The van der Waals surface area contributed by atoms with E-state index in [2.05, 4.69) is 29.5 Å². The number of nitrogens with zero attached hydrogens (tertiary/aromatic N) is 1. The Balaban J connectivity index is 3.13. The highest BCUT2D eigenvalue weighted by Gasteiger charge is 2.01. The summed E-state index contributed by atoms with van der Waals surface area (Å²) in [5.74, 6) is 6.00. The summed E-state index contributed by atoms with van der Waals surface area (Å²) in [7, 11) is 0. The molecule has 0 saturated heterocycles. The van der Waals surface area contributed by atoms with Crippen molar-refractivity contribution in [3.8, 4) is 11.8 Å². The number of pyridine rings is 1. The Bertz CT molecular complexity index is 320. The van der Waals surface area contributed by atoms with Crippen molar-refractivity contribution >= 4 is 35.8 Å². The predicted molar refractivity (Wildman–Crippen MR) is 55.0 cm³/mol. The van der Waals surface area contributed by atoms with Gasteiger partial charge in [-0.05, 0) is 6.07 Å². The Morgan fingerprint density at radius 3 is 2.83 bits per heavy atom. The highest BCUT2D eigenvalue weighted by Crippen LogP contribution is 2.20. The lowest BCUT2D eigenvalue weighted by atomic mass is 10.3. The summed E-state index contributed by atoms with van der Waals surface area (Å²) in [6.07, 6.45) is 1.54. The lowest BCUT2D eigenvalue weighted by Gasteiger charge is -1.95. The van der Waals surface area contributed by atoms with Crippen molar-refractivity contribution in [3.63, 3.8) is 0 Å². The third-order valence-electron chi connectivity index (χ3n) is 1.15. The first kappa shape index (κ1) is 9.73. The molecule has 1 rings (SSSR count). The van der Waals surface area contributed by atoms with Crippen molar-refractivity contribution in [2.45, 2.75) is 0 Å². The lowest BCUT2D eigenvalue weighted by Crippen LogP contribution is -1.83. The van der Waals surface area contributed by atoms with E-state index < -0.39 is 0 Å². The van der Waals surface area contributed by atoms with Crippen LogP contribution >= 0.6 is 35.8 Å². The van der Waals surface area contributed by atoms with Crippen LogP contribution in [0.3, 0.4) is 0 Å². The molecule has 0 aromatic carbocycles. The van der Waals surface area contributed by atoms with Crippen LogP contribution in [0.4, 0.5) is 0 Å². The van der Waals surface area contributed by atoms with Gasteiger partial charge in [0.2, 0.25) is 0 Å². The van der Waals surface area contributed by atoms with E-state index in [0.717, 1.165) is 0 Å². The van der Waals surface area contributed by atoms with E-state index in [1.54, 1.807) is 6.07 Å². The number of hydrogen-bond acceptors (Lipinski definition) is 2. The zero-order valence-corrected chi connectivity index (χ0v) is 8.42. The van der Waals surface area contributed by atoms with Crippen LogP contribution in [0.1, 0.15) is 5.56 Å². The third-order valence-corrected chi connectivity index (χ3v) is 1.91. The van der Waals surface area contributed by atoms with E-state index in [1.165, 1.54) is 6.20 Å². The summed E-state index contributed by atoms with van der Waals surface area (Å²) in [5, 5.41) is 0.848. The molecule has 1 aromatic rings. The van der Waals surface area contributed by atoms with Crippen LogP contribution in [0.25, 0.3) is 0 Å². The largest absolute Gasteiger partial charge is 0.243 e. The second kappa shape index (κ2) is 4.61. The molecular weight excluding hydrogens is 213 g/mol. The molecule has 0 saturated carbocycles. The smallest absolute Gasteiger partial charge is 0.146 e. The van der Waals surface area contributed by atoms with Gasteiger partial charge in [-0.1, -0.05) is 35.0 Å². The Kier molecular flexibility index (Phi) is 3.74. The molecule has 0 aliphatic carbocycles. The summed E-state index contributed by atoms with van der Waals surface area (Å²) in [4.78, 5) is 3.85. The molecule has 0 N–H and O–H groups in total. The van der Waals surface area contributed by atoms with E-state index in [0.29, 0.717) is 21.5 Å². The third kappa shape index (κ3) is 2.31. The molecule has 4 heteroatoms. The molecule has 1 aromatic heterocycles. The fourth-order valence-electron chi connectivity index (χ4n) is 0.654. The van der Waals surface area contributed by atoms with Crippen molar-refractivity contribution in [1.82, 2.24) is 4.98 Å². The standard InChI is InChI=1S/C8H5Cl2NS/c9-7-3-4-11-8(10)6(7)2-1-5-12/h3-4,12H,5H2. The molecule has 0 amide bonds. The molecule has 1 heterocycles. The van der Waals surface area contributed by atoms with Gasteiger partial charge in [0.05, 0.1) is 16.3 Å². The molecule has 1 nitrogen and oxygen atoms in total. The van der Waals surface area contributed by atoms with E-state index in [9.17, 15) is 0 Å². The Labute approximate surface area is 86.5 Å². The molecule has 12 heavy (non-hydrogen) atoms. The van der Waals surface area contributed by atoms with Crippen LogP contribution in [0, 0.1) is 11.8 Å². The van der Waals surface area contributed by atoms with Gasteiger partial charge >= 0.3 is 0 Å². The van der Waals surface area contributed by atoms with Gasteiger partial charge in [0.1, 0.15) is 5.15 Å². The maximum absolute atomic E-state index is 5.81. The van der Waals surface area contributed by atoms with Crippen molar-refractivity contribution in [1.29, 1.82) is 0 Å². The van der Waals surface area contributed by atoms with Crippen molar-refractivity contribution in [2.24, 2.45) is 0 Å². The average molecular weight is 218 g/mol. The maximum Gasteiger partial charge on any atom is 0.146 e. The van der Waals surface area contributed by atoms with Gasteiger partial charge in [-0.25, -0.2) is 4.98 Å². The second-order valence-corrected chi connectivity index (χ2v) is 3.00. The highest BCUT2D eigenvalue weighted by molar-refractivity contribution is 7.80. The molecule has 62 valence electrons. The lowest BCUT2D eigenvalue weighted by molar-refractivity contribution is 1.31. The van der Waals surface area contributed by atoms with E-state index >= 15 is 0 Å². The zero-order valence-electron chi connectivity index (χ0n) is 6.01. The summed E-state index contributed by atoms with van der Waals surface area (Å²) >= 11 is 15.5. The number of aromatic nitrogens is 1. The molecule has 0 aliphatic rings. The summed E-state index contributed by atoms with van der Waals surface area (Å²) in [5.41, 5.74) is 0.565. The minimum absolute atomic E-state index is 0.330. The zero-order chi connectivity index (χ0) is 8.97. The van der Waals surface area contributed by atoms with Gasteiger partial charge in [0, 0.05) is 6.20 Å². The number of thiol groups is 1. The number of halogens is 2. The van der Waals surface area contributed by atoms with Gasteiger partial charge in [-0.3, -0.25) is 0 Å². The first-order valence-electron chi connectivity index (χ1n) is 3.15. The molecule has 0 bridgehead atoms. The summed E-state index contributed by atoms with van der Waals surface area (Å²) < 4.78 is 0. The first-order valence-corrected chi connectivity index (χ1v) is 4.54. The van der Waals surface area contributed by atoms with Crippen LogP contribution < -0.4 is 0 Å². The molecule has 0 fully saturated rings. The van der Waals surface area contributed by atoms with Crippen molar-refractivity contribution in [3.05, 3.63) is 28.0 Å². The predicted octanol–water partition coefficient (Wildman–Crippen LogP) is 2.67. The number of hydrogen-bond donors (Lipinski definition) is 1. The Hall–Kier alpha value is -0.360. The van der Waals surface area contributed by atoms with Crippen LogP contribution in [-0.4, -0.2) is 10.7 Å². The van der Waals surface area contributed by atoms with E-state index in [4.69, 9.17) is 23.2 Å². The molecule has 0 atom stereocenters. The second-order valence-electron chi connectivity index (χ2n) is 1.92. The molecule has 0 spiro atoms. The monoisotopic (exact) mass is 217 g/mol. The van der Waals surface area contributed by atoms with Crippen LogP contribution in [0.2, 0.25) is 10.2 Å². The summed E-state index contributed by atoms with van der Waals surface area (Å²) in [6.45, 7) is 0. The summed E-state index contributed by atoms with van der Waals surface area (Å²) in [6, 6.07) is 1.65. The van der Waals surface area contributed by atoms with E-state index in [-0.39, 0.29) is 0 Å². The van der Waals surface area contributed by atoms with E-state index in [1.807, 2.05) is 0 Å². The average Bonchev–Trinajstić information content (AvgIpc) is 2.04. The minimum atomic E-state index is 0.330. The molecule has 0 unspecified atom stereocenters. The normalized spacial score (nSPS) is 8.92. The van der Waals surface area contributed by atoms with Gasteiger partial charge in [-0.15, -0.1) is 0 Å². The number of rotatable bonds is 0. The van der Waals surface area contributed by atoms with Gasteiger partial charge in [0.25, 0.3) is 0 Å².